The molecule has 0 heterocycles. The molecule has 2 rings (SSSR count). The van der Waals surface area contributed by atoms with Crippen molar-refractivity contribution in [2.45, 2.75) is 71.2 Å². The molecule has 0 aromatic heterocycles. The lowest BCUT2D eigenvalue weighted by Crippen LogP contribution is -2.49. The number of hydrazine groups is 1. The molecular formula is C24H40BN5O7. The molecule has 206 valence electrons. The maximum absolute atomic E-state index is 13.4. The minimum absolute atomic E-state index is 0. The van der Waals surface area contributed by atoms with Crippen molar-refractivity contribution >= 4 is 24.8 Å². The Balaban J connectivity index is 0.00000684. The lowest BCUT2D eigenvalue weighted by molar-refractivity contribution is -0.525. The van der Waals surface area contributed by atoms with E-state index in [0.29, 0.717) is 31.4 Å². The minimum Gasteiger partial charge on any atom is -0.497 e. The minimum atomic E-state index is -1.74. The fourth-order valence-electron chi connectivity index (χ4n) is 4.24. The molecule has 0 spiro atoms. The Bertz CT molecular complexity index is 936. The highest BCUT2D eigenvalue weighted by atomic mass is 16.7. The highest BCUT2D eigenvalue weighted by Gasteiger charge is 2.51. The van der Waals surface area contributed by atoms with Gasteiger partial charge in [0.2, 0.25) is 5.91 Å². The number of aliphatic imine (C=N–C) groups is 1. The molecule has 1 fully saturated rings. The number of carbonyl (C=O) groups is 2. The molecule has 0 aliphatic heterocycles. The molecular weight excluding hydrogens is 481 g/mol. The average molecular weight is 521 g/mol. The van der Waals surface area contributed by atoms with E-state index in [2.05, 4.69) is 10.3 Å². The second-order valence-corrected chi connectivity index (χ2v) is 9.57. The van der Waals surface area contributed by atoms with Gasteiger partial charge in [0.05, 0.1) is 18.5 Å². The van der Waals surface area contributed by atoms with Crippen LogP contribution >= 0.6 is 0 Å². The van der Waals surface area contributed by atoms with Crippen molar-refractivity contribution in [3.8, 4) is 5.75 Å². The number of hydrogen-bond acceptors (Lipinski definition) is 8. The molecule has 1 aromatic carbocycles. The summed E-state index contributed by atoms with van der Waals surface area (Å²) in [5, 5.41) is 31.7. The van der Waals surface area contributed by atoms with Crippen LogP contribution in [-0.2, 0) is 15.0 Å². The van der Waals surface area contributed by atoms with E-state index in [0.717, 1.165) is 5.56 Å². The number of methoxy groups -OCH3 is 1. The first-order valence-electron chi connectivity index (χ1n) is 12.0. The van der Waals surface area contributed by atoms with Gasteiger partial charge in [-0.05, 0) is 55.7 Å². The maximum atomic E-state index is 13.4. The smallest absolute Gasteiger partial charge is 0.475 e. The Morgan fingerprint density at radius 2 is 1.89 bits per heavy atom. The van der Waals surface area contributed by atoms with E-state index in [1.54, 1.807) is 24.7 Å². The summed E-state index contributed by atoms with van der Waals surface area (Å²) >= 11 is 0. The van der Waals surface area contributed by atoms with E-state index in [-0.39, 0.29) is 44.5 Å². The number of Topliss-reactive ketones (excluding diaryl/α,β-unsaturated/α-hetero) is 1. The van der Waals surface area contributed by atoms with Crippen LogP contribution in [0, 0.1) is 22.0 Å². The Labute approximate surface area is 218 Å². The Hall–Kier alpha value is -3.19. The van der Waals surface area contributed by atoms with E-state index < -0.39 is 35.3 Å². The molecule has 1 aromatic rings. The van der Waals surface area contributed by atoms with Crippen LogP contribution in [0.4, 0.5) is 0 Å². The summed E-state index contributed by atoms with van der Waals surface area (Å²) in [6.07, 6.45) is 2.31. The Morgan fingerprint density at radius 3 is 2.38 bits per heavy atom. The van der Waals surface area contributed by atoms with Crippen molar-refractivity contribution in [1.29, 1.82) is 0 Å². The van der Waals surface area contributed by atoms with Gasteiger partial charge in [-0.25, -0.2) is 15.1 Å². The van der Waals surface area contributed by atoms with Gasteiger partial charge in [0.1, 0.15) is 11.5 Å². The number of rotatable bonds is 15. The van der Waals surface area contributed by atoms with E-state index in [4.69, 9.17) is 10.5 Å². The standard InChI is InChI=1S/C23H36BN5O7.CH4/c1-15(2)13-20(24(32)33)27-21(31)16(5-4-12-26-22(25)28-29(34)35)14-19(30)23(10-11-23)17-6-8-18(36-3)9-7-17;/h6-9,15-16,20,32-33H,4-5,10-14H2,1-3H3,(H,27,31)(H3,25,26,28);1H4/t16-,20+;/m1./s1. The van der Waals surface area contributed by atoms with Crippen LogP contribution in [0.15, 0.2) is 29.3 Å². The van der Waals surface area contributed by atoms with Crippen molar-refractivity contribution in [2.75, 3.05) is 13.7 Å². The number of guanidine groups is 1. The van der Waals surface area contributed by atoms with E-state index in [1.165, 1.54) is 0 Å². The predicted molar refractivity (Wildman–Crippen MR) is 141 cm³/mol. The van der Waals surface area contributed by atoms with Gasteiger partial charge >= 0.3 is 7.12 Å². The van der Waals surface area contributed by atoms with E-state index in [1.807, 2.05) is 26.0 Å². The van der Waals surface area contributed by atoms with Crippen molar-refractivity contribution < 1.29 is 29.4 Å². The Morgan fingerprint density at radius 1 is 1.27 bits per heavy atom. The van der Waals surface area contributed by atoms with E-state index in [9.17, 15) is 29.8 Å². The molecule has 0 unspecified atom stereocenters. The van der Waals surface area contributed by atoms with Gasteiger partial charge in [0.15, 0.2) is 5.03 Å². The summed E-state index contributed by atoms with van der Waals surface area (Å²) < 4.78 is 5.20. The number of nitrogens with one attached hydrogen (secondary N) is 2. The monoisotopic (exact) mass is 521 g/mol. The molecule has 1 saturated carbocycles. The molecule has 0 saturated heterocycles. The third kappa shape index (κ3) is 9.65. The van der Waals surface area contributed by atoms with Crippen LogP contribution in [0.25, 0.3) is 0 Å². The highest BCUT2D eigenvalue weighted by Crippen LogP contribution is 2.50. The Kier molecular flexibility index (Phi) is 12.5. The third-order valence-corrected chi connectivity index (χ3v) is 6.34. The second-order valence-electron chi connectivity index (χ2n) is 9.57. The number of nitrogens with zero attached hydrogens (tertiary/aromatic N) is 2. The maximum Gasteiger partial charge on any atom is 0.475 e. The number of hydrogen-bond donors (Lipinski definition) is 5. The molecule has 0 bridgehead atoms. The van der Waals surface area contributed by atoms with Crippen LogP contribution < -0.4 is 21.2 Å². The zero-order valence-electron chi connectivity index (χ0n) is 21.0. The van der Waals surface area contributed by atoms with Crippen LogP contribution in [0.5, 0.6) is 5.75 Å². The number of nitrogens with two attached hydrogens (primary N) is 1. The largest absolute Gasteiger partial charge is 0.497 e. The van der Waals surface area contributed by atoms with Crippen LogP contribution in [0.2, 0.25) is 0 Å². The number of amides is 1. The number of benzene rings is 1. The molecule has 2 atom stereocenters. The second kappa shape index (κ2) is 14.5. The van der Waals surface area contributed by atoms with Crippen molar-refractivity contribution in [3.63, 3.8) is 0 Å². The number of ether oxygens (including phenoxy) is 1. The number of carbonyl (C=O) groups excluding carboxylic acids is 2. The number of nitro groups is 1. The number of ketones is 1. The molecule has 6 N–H and O–H groups in total. The summed E-state index contributed by atoms with van der Waals surface area (Å²) in [5.41, 5.74) is 7.41. The van der Waals surface area contributed by atoms with Gasteiger partial charge in [-0.2, -0.15) is 0 Å². The quantitative estimate of drug-likeness (QED) is 0.0566. The normalized spacial score (nSPS) is 15.7. The fourth-order valence-corrected chi connectivity index (χ4v) is 4.24. The third-order valence-electron chi connectivity index (χ3n) is 6.34. The summed E-state index contributed by atoms with van der Waals surface area (Å²) in [7, 11) is -0.170. The van der Waals surface area contributed by atoms with Gasteiger partial charge < -0.3 is 25.8 Å². The predicted octanol–water partition coefficient (Wildman–Crippen LogP) is 1.36. The van der Waals surface area contributed by atoms with Gasteiger partial charge in [-0.3, -0.25) is 9.59 Å². The van der Waals surface area contributed by atoms with E-state index >= 15 is 0 Å². The molecule has 0 radical (unpaired) electrons. The van der Waals surface area contributed by atoms with Gasteiger partial charge in [0.25, 0.3) is 5.96 Å². The van der Waals surface area contributed by atoms with Gasteiger partial charge in [0, 0.05) is 18.9 Å². The van der Waals surface area contributed by atoms with Crippen molar-refractivity contribution in [2.24, 2.45) is 22.6 Å². The zero-order chi connectivity index (χ0) is 26.9. The lowest BCUT2D eigenvalue weighted by Gasteiger charge is -2.24. The first-order valence-corrected chi connectivity index (χ1v) is 12.0. The summed E-state index contributed by atoms with van der Waals surface area (Å²) in [6, 6.07) is 7.32. The summed E-state index contributed by atoms with van der Waals surface area (Å²) in [6.45, 7) is 3.91. The van der Waals surface area contributed by atoms with Gasteiger partial charge in [-0.1, -0.05) is 38.8 Å². The average Bonchev–Trinajstić information content (AvgIpc) is 3.62. The molecule has 13 heteroatoms. The molecule has 1 aliphatic rings. The molecule has 1 amide bonds. The topological polar surface area (TPSA) is 189 Å². The SMILES string of the molecule is C.COc1ccc(C2(C(=O)C[C@@H](CCCN=C(N)N[N+](=O)[O-])C(=O)N[C@@H](CC(C)C)B(O)O)CC2)cc1. The summed E-state index contributed by atoms with van der Waals surface area (Å²) in [5.74, 6) is -1.68. The zero-order valence-corrected chi connectivity index (χ0v) is 21.0. The van der Waals surface area contributed by atoms with Crippen LogP contribution in [0.1, 0.15) is 65.4 Å². The molecule has 12 nitrogen and oxygen atoms in total. The highest BCUT2D eigenvalue weighted by molar-refractivity contribution is 6.43. The first kappa shape index (κ1) is 31.8. The van der Waals surface area contributed by atoms with Crippen LogP contribution in [0.3, 0.4) is 0 Å². The molecule has 1 aliphatic carbocycles. The van der Waals surface area contributed by atoms with Crippen molar-refractivity contribution in [3.05, 3.63) is 39.9 Å². The van der Waals surface area contributed by atoms with Gasteiger partial charge in [-0.15, -0.1) is 0 Å². The van der Waals surface area contributed by atoms with Crippen LogP contribution in [-0.4, -0.2) is 59.4 Å². The van der Waals surface area contributed by atoms with Crippen molar-refractivity contribution in [1.82, 2.24) is 10.7 Å². The fraction of sp³-hybridized carbons (Fsp3) is 0.625. The first-order chi connectivity index (χ1) is 17.0. The summed E-state index contributed by atoms with van der Waals surface area (Å²) in [4.78, 5) is 40.9. The lowest BCUT2D eigenvalue weighted by atomic mass is 9.74. The molecule has 37 heavy (non-hydrogen) atoms.